The number of carbonyl (C=O) groups is 1. The zero-order valence-electron chi connectivity index (χ0n) is 27.9. The Labute approximate surface area is 285 Å². The van der Waals surface area contributed by atoms with Gasteiger partial charge in [0.2, 0.25) is 0 Å². The highest BCUT2D eigenvalue weighted by molar-refractivity contribution is 8.72. The standard InChI is InChI=1S/C32H45N7O7S2/c1-32(2,47-48(4,42)43)23-45-31(41)36(3)30-27(21-26(33-34-30)25-7-5-6-8-28(25)40)39-16-14-38(15-17-39)22-24-9-12-37(13-10-24)18-20-44-29-11-19-46-35-29/h5-8,11,19,21,24,40H,9-10,12-18,20,22-23H2,1-4H3. The molecule has 0 bridgehead atoms. The fourth-order valence-electron chi connectivity index (χ4n) is 6.01. The Morgan fingerprint density at radius 3 is 2.48 bits per heavy atom. The Bertz CT molecular complexity index is 1610. The number of anilines is 2. The minimum absolute atomic E-state index is 0.0854. The van der Waals surface area contributed by atoms with Crippen molar-refractivity contribution in [2.75, 3.05) is 88.7 Å². The molecule has 0 saturated carbocycles. The Balaban J connectivity index is 1.20. The third-order valence-electron chi connectivity index (χ3n) is 8.45. The average molecular weight is 704 g/mol. The Morgan fingerprint density at radius 1 is 1.08 bits per heavy atom. The van der Waals surface area contributed by atoms with Gasteiger partial charge in [-0.05, 0) is 79.8 Å². The number of benzene rings is 1. The van der Waals surface area contributed by atoms with E-state index >= 15 is 0 Å². The fraction of sp³-hybridized carbons (Fsp3) is 0.562. The number of ether oxygens (including phenoxy) is 2. The van der Waals surface area contributed by atoms with Gasteiger partial charge in [-0.3, -0.25) is 14.7 Å². The summed E-state index contributed by atoms with van der Waals surface area (Å²) in [5.74, 6) is 1.55. The van der Waals surface area contributed by atoms with E-state index in [9.17, 15) is 18.3 Å². The summed E-state index contributed by atoms with van der Waals surface area (Å²) >= 11 is 0. The van der Waals surface area contributed by atoms with E-state index in [0.29, 0.717) is 41.2 Å². The maximum absolute atomic E-state index is 13.2. The lowest BCUT2D eigenvalue weighted by Crippen LogP contribution is -2.49. The van der Waals surface area contributed by atoms with Gasteiger partial charge in [-0.2, -0.15) is 0 Å². The molecule has 1 amide bonds. The van der Waals surface area contributed by atoms with E-state index in [1.54, 1.807) is 45.2 Å². The van der Waals surface area contributed by atoms with Crippen LogP contribution in [-0.4, -0.2) is 128 Å². The number of phenolic OH excluding ortho intramolecular Hbond substituents is 1. The SMILES string of the molecule is CN(C(=O)OCC(C)(C)SS(C)(=O)=O)c1nnc(-c2ccccc2O)cc1N1CCN(CC2CCN(CCOc3ccon3)CC2)CC1. The van der Waals surface area contributed by atoms with Crippen LogP contribution in [-0.2, 0) is 13.6 Å². The molecule has 5 rings (SSSR count). The summed E-state index contributed by atoms with van der Waals surface area (Å²) in [6.45, 7) is 11.0. The van der Waals surface area contributed by atoms with Gasteiger partial charge in [-0.25, -0.2) is 13.2 Å². The van der Waals surface area contributed by atoms with Crippen LogP contribution in [0.25, 0.3) is 11.3 Å². The van der Waals surface area contributed by atoms with Crippen LogP contribution >= 0.6 is 10.8 Å². The lowest BCUT2D eigenvalue weighted by Gasteiger charge is -2.40. The van der Waals surface area contributed by atoms with Crippen LogP contribution in [0.2, 0.25) is 0 Å². The number of amides is 1. The molecular formula is C32H45N7O7S2. The molecule has 16 heteroatoms. The second-order valence-electron chi connectivity index (χ2n) is 12.9. The van der Waals surface area contributed by atoms with Crippen LogP contribution in [0.3, 0.4) is 0 Å². The molecule has 2 aromatic heterocycles. The number of aromatic hydroxyl groups is 1. The van der Waals surface area contributed by atoms with Gasteiger partial charge >= 0.3 is 6.09 Å². The van der Waals surface area contributed by atoms with Crippen LogP contribution in [0, 0.1) is 5.92 Å². The maximum atomic E-state index is 13.2. The van der Waals surface area contributed by atoms with E-state index < -0.39 is 19.7 Å². The number of aromatic nitrogens is 3. The number of likely N-dealkylation sites (tertiary alicyclic amines) is 1. The van der Waals surface area contributed by atoms with Gasteiger partial charge in [0, 0.05) is 64.2 Å². The first-order chi connectivity index (χ1) is 22.9. The fourth-order valence-corrected chi connectivity index (χ4v) is 9.54. The molecule has 2 fully saturated rings. The van der Waals surface area contributed by atoms with Crippen LogP contribution < -0.4 is 14.5 Å². The molecule has 3 aromatic rings. The van der Waals surface area contributed by atoms with Gasteiger partial charge < -0.3 is 24.0 Å². The summed E-state index contributed by atoms with van der Waals surface area (Å²) in [7, 11) is -1.02. The van der Waals surface area contributed by atoms with E-state index in [2.05, 4.69) is 30.1 Å². The molecule has 48 heavy (non-hydrogen) atoms. The van der Waals surface area contributed by atoms with E-state index in [1.165, 1.54) is 11.2 Å². The molecule has 0 aliphatic carbocycles. The molecule has 0 atom stereocenters. The van der Waals surface area contributed by atoms with E-state index in [-0.39, 0.29) is 12.4 Å². The Hall–Kier alpha value is -3.60. The molecule has 0 radical (unpaired) electrons. The van der Waals surface area contributed by atoms with Gasteiger partial charge in [-0.1, -0.05) is 12.1 Å². The second kappa shape index (κ2) is 15.7. The number of carbonyl (C=O) groups excluding carboxylic acids is 1. The minimum atomic E-state index is -3.34. The van der Waals surface area contributed by atoms with Crippen LogP contribution in [0.1, 0.15) is 26.7 Å². The number of piperidine rings is 1. The average Bonchev–Trinajstić information content (AvgIpc) is 3.57. The molecule has 2 aliphatic heterocycles. The van der Waals surface area contributed by atoms with Gasteiger partial charge in [0.1, 0.15) is 25.2 Å². The molecule has 4 heterocycles. The molecule has 262 valence electrons. The lowest BCUT2D eigenvalue weighted by atomic mass is 9.96. The predicted octanol–water partition coefficient (Wildman–Crippen LogP) is 3.79. The number of nitrogens with zero attached hydrogens (tertiary/aromatic N) is 7. The zero-order chi connectivity index (χ0) is 34.3. The smallest absolute Gasteiger partial charge is 0.415 e. The lowest BCUT2D eigenvalue weighted by molar-refractivity contribution is 0.124. The highest BCUT2D eigenvalue weighted by atomic mass is 33.1. The van der Waals surface area contributed by atoms with Crippen LogP contribution in [0.5, 0.6) is 11.6 Å². The van der Waals surface area contributed by atoms with Crippen molar-refractivity contribution in [3.8, 4) is 22.9 Å². The number of hydrogen-bond acceptors (Lipinski definition) is 14. The quantitative estimate of drug-likeness (QED) is 0.257. The number of phenols is 1. The molecule has 2 aliphatic rings. The number of piperazine rings is 1. The van der Waals surface area contributed by atoms with Crippen molar-refractivity contribution in [2.24, 2.45) is 5.92 Å². The first-order valence-corrected chi connectivity index (χ1v) is 19.3. The summed E-state index contributed by atoms with van der Waals surface area (Å²) in [6.07, 6.45) is 4.24. The molecule has 14 nitrogen and oxygen atoms in total. The maximum Gasteiger partial charge on any atom is 0.415 e. The number of rotatable bonds is 13. The van der Waals surface area contributed by atoms with Crippen molar-refractivity contribution in [1.82, 2.24) is 25.2 Å². The van der Waals surface area contributed by atoms with Crippen molar-refractivity contribution in [2.45, 2.75) is 31.4 Å². The highest BCUT2D eigenvalue weighted by Gasteiger charge is 2.30. The van der Waals surface area contributed by atoms with E-state index in [1.807, 2.05) is 12.1 Å². The normalized spacial score (nSPS) is 17.0. The van der Waals surface area contributed by atoms with Crippen molar-refractivity contribution in [3.05, 3.63) is 42.7 Å². The van der Waals surface area contributed by atoms with Gasteiger partial charge in [0.25, 0.3) is 5.88 Å². The third-order valence-corrected chi connectivity index (χ3v) is 11.6. The van der Waals surface area contributed by atoms with Crippen molar-refractivity contribution in [1.29, 1.82) is 0 Å². The molecular weight excluding hydrogens is 659 g/mol. The molecule has 0 spiro atoms. The molecule has 0 unspecified atom stereocenters. The summed E-state index contributed by atoms with van der Waals surface area (Å²) in [4.78, 5) is 21.6. The minimum Gasteiger partial charge on any atom is -0.507 e. The Kier molecular flexibility index (Phi) is 11.7. The van der Waals surface area contributed by atoms with Crippen molar-refractivity contribution in [3.63, 3.8) is 0 Å². The zero-order valence-corrected chi connectivity index (χ0v) is 29.6. The van der Waals surface area contributed by atoms with E-state index in [0.717, 1.165) is 82.2 Å². The largest absolute Gasteiger partial charge is 0.507 e. The number of para-hydroxylation sites is 1. The number of hydrogen-bond donors (Lipinski definition) is 1. The monoisotopic (exact) mass is 703 g/mol. The molecule has 2 saturated heterocycles. The topological polar surface area (TPSA) is 155 Å². The Morgan fingerprint density at radius 2 is 1.81 bits per heavy atom. The van der Waals surface area contributed by atoms with Crippen molar-refractivity contribution >= 4 is 37.3 Å². The first-order valence-electron chi connectivity index (χ1n) is 16.1. The summed E-state index contributed by atoms with van der Waals surface area (Å²) < 4.78 is 38.8. The molecule has 1 aromatic carbocycles. The summed E-state index contributed by atoms with van der Waals surface area (Å²) in [5.41, 5.74) is 1.73. The van der Waals surface area contributed by atoms with Crippen LogP contribution in [0.4, 0.5) is 16.3 Å². The highest BCUT2D eigenvalue weighted by Crippen LogP contribution is 2.35. The van der Waals surface area contributed by atoms with E-state index in [4.69, 9.17) is 14.0 Å². The second-order valence-corrected chi connectivity index (χ2v) is 17.9. The predicted molar refractivity (Wildman–Crippen MR) is 185 cm³/mol. The summed E-state index contributed by atoms with van der Waals surface area (Å²) in [5, 5.41) is 23.1. The molecule has 1 N–H and O–H groups in total. The van der Waals surface area contributed by atoms with Gasteiger partial charge in [0.05, 0.1) is 16.1 Å². The third kappa shape index (κ3) is 9.96. The van der Waals surface area contributed by atoms with Gasteiger partial charge in [0.15, 0.2) is 14.7 Å². The first kappa shape index (κ1) is 35.7. The van der Waals surface area contributed by atoms with Crippen molar-refractivity contribution < 1.29 is 32.3 Å². The van der Waals surface area contributed by atoms with Gasteiger partial charge in [-0.15, -0.1) is 10.2 Å². The van der Waals surface area contributed by atoms with Crippen LogP contribution in [0.15, 0.2) is 47.2 Å². The summed E-state index contributed by atoms with van der Waals surface area (Å²) in [6, 6.07) is 10.5.